The van der Waals surface area contributed by atoms with E-state index < -0.39 is 0 Å². The zero-order valence-electron chi connectivity index (χ0n) is 10.6. The summed E-state index contributed by atoms with van der Waals surface area (Å²) >= 11 is 0. The smallest absolute Gasteiger partial charge is 0.125 e. The topological polar surface area (TPSA) is 29.3 Å². The van der Waals surface area contributed by atoms with Crippen molar-refractivity contribution in [1.82, 2.24) is 4.90 Å². The molecule has 3 heteroatoms. The van der Waals surface area contributed by atoms with Gasteiger partial charge in [0.1, 0.15) is 5.82 Å². The van der Waals surface area contributed by atoms with Crippen LogP contribution in [0.5, 0.6) is 0 Å². The van der Waals surface area contributed by atoms with Crippen LogP contribution in [-0.4, -0.2) is 17.5 Å². The number of hydrogen-bond donors (Lipinski definition) is 1. The highest BCUT2D eigenvalue weighted by Crippen LogP contribution is 2.31. The molecule has 0 unspecified atom stereocenters. The van der Waals surface area contributed by atoms with Gasteiger partial charge in [-0.3, -0.25) is 4.90 Å². The molecule has 0 spiro atoms. The molecule has 0 heterocycles. The predicted molar refractivity (Wildman–Crippen MR) is 69.1 cm³/mol. The average Bonchev–Trinajstić information content (AvgIpc) is 3.04. The lowest BCUT2D eigenvalue weighted by Crippen LogP contribution is -2.32. The van der Waals surface area contributed by atoms with Gasteiger partial charge in [0.05, 0.1) is 0 Å². The normalized spacial score (nSPS) is 15.8. The van der Waals surface area contributed by atoms with Crippen molar-refractivity contribution in [3.8, 4) is 0 Å². The molecule has 1 aliphatic carbocycles. The van der Waals surface area contributed by atoms with Crippen molar-refractivity contribution in [1.29, 1.82) is 0 Å². The van der Waals surface area contributed by atoms with Crippen LogP contribution in [0.25, 0.3) is 0 Å². The summed E-state index contributed by atoms with van der Waals surface area (Å²) in [5.41, 5.74) is 7.44. The summed E-state index contributed by atoms with van der Waals surface area (Å²) in [5.74, 6) is 0.601. The quantitative estimate of drug-likeness (QED) is 0.796. The molecule has 0 aliphatic heterocycles. The van der Waals surface area contributed by atoms with Gasteiger partial charge in [-0.15, -0.1) is 0 Å². The lowest BCUT2D eigenvalue weighted by atomic mass is 10.1. The number of nitrogens with two attached hydrogens (primary N) is 1. The van der Waals surface area contributed by atoms with Crippen LogP contribution in [0, 0.1) is 11.7 Å². The van der Waals surface area contributed by atoms with Crippen molar-refractivity contribution < 1.29 is 4.39 Å². The molecule has 1 fully saturated rings. The lowest BCUT2D eigenvalue weighted by molar-refractivity contribution is 0.204. The van der Waals surface area contributed by atoms with Crippen LogP contribution in [0.15, 0.2) is 18.2 Å². The van der Waals surface area contributed by atoms with Gasteiger partial charge in [0.25, 0.3) is 0 Å². The van der Waals surface area contributed by atoms with Gasteiger partial charge >= 0.3 is 0 Å². The van der Waals surface area contributed by atoms with Crippen LogP contribution in [-0.2, 0) is 6.54 Å². The molecule has 1 aromatic rings. The van der Waals surface area contributed by atoms with Crippen LogP contribution < -0.4 is 5.73 Å². The van der Waals surface area contributed by atoms with Gasteiger partial charge in [0, 0.05) is 24.8 Å². The summed E-state index contributed by atoms with van der Waals surface area (Å²) in [5, 5.41) is 0. The minimum atomic E-state index is -0.260. The molecule has 0 aromatic heterocycles. The number of anilines is 1. The fraction of sp³-hybridized carbons (Fsp3) is 0.571. The first kappa shape index (κ1) is 12.4. The van der Waals surface area contributed by atoms with E-state index in [1.165, 1.54) is 25.0 Å². The molecule has 94 valence electrons. The van der Waals surface area contributed by atoms with E-state index in [9.17, 15) is 4.39 Å². The zero-order valence-corrected chi connectivity index (χ0v) is 10.6. The van der Waals surface area contributed by atoms with Crippen LogP contribution in [0.2, 0.25) is 0 Å². The molecule has 1 aliphatic rings. The van der Waals surface area contributed by atoms with E-state index in [1.807, 2.05) is 0 Å². The van der Waals surface area contributed by atoms with E-state index in [-0.39, 0.29) is 5.82 Å². The average molecular weight is 236 g/mol. The number of rotatable bonds is 5. The third-order valence-corrected chi connectivity index (χ3v) is 3.40. The summed E-state index contributed by atoms with van der Waals surface area (Å²) in [7, 11) is 0. The molecule has 2 N–H and O–H groups in total. The van der Waals surface area contributed by atoms with Gasteiger partial charge in [-0.2, -0.15) is 0 Å². The Bertz CT molecular complexity index is 386. The molecule has 0 atom stereocenters. The fourth-order valence-corrected chi connectivity index (χ4v) is 2.02. The van der Waals surface area contributed by atoms with E-state index in [0.717, 1.165) is 24.6 Å². The molecule has 17 heavy (non-hydrogen) atoms. The Morgan fingerprint density at radius 2 is 2.12 bits per heavy atom. The zero-order chi connectivity index (χ0) is 12.4. The van der Waals surface area contributed by atoms with Crippen LogP contribution in [0.4, 0.5) is 10.1 Å². The third-order valence-electron chi connectivity index (χ3n) is 3.40. The van der Waals surface area contributed by atoms with E-state index in [1.54, 1.807) is 6.07 Å². The summed E-state index contributed by atoms with van der Waals surface area (Å²) in [6.45, 7) is 6.35. The fourth-order valence-electron chi connectivity index (χ4n) is 2.02. The van der Waals surface area contributed by atoms with Crippen molar-refractivity contribution in [2.24, 2.45) is 5.92 Å². The molecule has 0 amide bonds. The maximum Gasteiger partial charge on any atom is 0.125 e. The van der Waals surface area contributed by atoms with Crippen molar-refractivity contribution in [3.05, 3.63) is 29.6 Å². The van der Waals surface area contributed by atoms with Crippen molar-refractivity contribution in [3.63, 3.8) is 0 Å². The Labute approximate surface area is 103 Å². The molecule has 0 saturated heterocycles. The molecule has 2 rings (SSSR count). The highest BCUT2D eigenvalue weighted by Gasteiger charge is 2.25. The maximum atomic E-state index is 13.0. The number of nitrogens with zero attached hydrogens (tertiary/aromatic N) is 1. The molecule has 1 saturated carbocycles. The molecule has 1 aromatic carbocycles. The summed E-state index contributed by atoms with van der Waals surface area (Å²) < 4.78 is 13.0. The number of benzene rings is 1. The molecule has 0 bridgehead atoms. The molecular weight excluding hydrogens is 215 g/mol. The van der Waals surface area contributed by atoms with Gasteiger partial charge in [0.15, 0.2) is 0 Å². The first-order valence-corrected chi connectivity index (χ1v) is 6.34. The minimum Gasteiger partial charge on any atom is -0.398 e. The van der Waals surface area contributed by atoms with E-state index in [2.05, 4.69) is 18.7 Å². The van der Waals surface area contributed by atoms with Gasteiger partial charge in [-0.05, 0) is 50.3 Å². The van der Waals surface area contributed by atoms with Gasteiger partial charge in [-0.1, -0.05) is 6.07 Å². The Hall–Kier alpha value is -1.09. The second-order valence-electron chi connectivity index (χ2n) is 5.31. The predicted octanol–water partition coefficient (Wildman–Crippen LogP) is 3.03. The van der Waals surface area contributed by atoms with Crippen LogP contribution in [0.3, 0.4) is 0 Å². The maximum absolute atomic E-state index is 13.0. The first-order valence-electron chi connectivity index (χ1n) is 6.34. The third kappa shape index (κ3) is 3.43. The van der Waals surface area contributed by atoms with Crippen molar-refractivity contribution in [2.75, 3.05) is 12.3 Å². The standard InChI is InChI=1S/C14H21FN2/c1-10(2)17(8-11-3-4-11)9-12-5-6-13(15)7-14(12)16/h5-7,10-11H,3-4,8-9,16H2,1-2H3. The summed E-state index contributed by atoms with van der Waals surface area (Å²) in [4.78, 5) is 2.42. The SMILES string of the molecule is CC(C)N(Cc1ccc(F)cc1N)CC1CC1. The molecule has 0 radical (unpaired) electrons. The van der Waals surface area contributed by atoms with Gasteiger partial charge < -0.3 is 5.73 Å². The Morgan fingerprint density at radius 1 is 1.41 bits per heavy atom. The van der Waals surface area contributed by atoms with Crippen LogP contribution in [0.1, 0.15) is 32.3 Å². The Morgan fingerprint density at radius 3 is 2.65 bits per heavy atom. The van der Waals surface area contributed by atoms with Crippen molar-refractivity contribution in [2.45, 2.75) is 39.3 Å². The van der Waals surface area contributed by atoms with E-state index in [4.69, 9.17) is 5.73 Å². The monoisotopic (exact) mass is 236 g/mol. The minimum absolute atomic E-state index is 0.260. The van der Waals surface area contributed by atoms with E-state index >= 15 is 0 Å². The highest BCUT2D eigenvalue weighted by atomic mass is 19.1. The largest absolute Gasteiger partial charge is 0.398 e. The van der Waals surface area contributed by atoms with E-state index in [0.29, 0.717) is 11.7 Å². The number of hydrogen-bond acceptors (Lipinski definition) is 2. The van der Waals surface area contributed by atoms with Crippen LogP contribution >= 0.6 is 0 Å². The second kappa shape index (κ2) is 5.05. The number of nitrogen functional groups attached to an aromatic ring is 1. The summed E-state index contributed by atoms with van der Waals surface area (Å²) in [6, 6.07) is 5.19. The Balaban J connectivity index is 2.05. The Kier molecular flexibility index (Phi) is 3.67. The first-order chi connectivity index (χ1) is 8.06. The summed E-state index contributed by atoms with van der Waals surface area (Å²) in [6.07, 6.45) is 2.70. The highest BCUT2D eigenvalue weighted by molar-refractivity contribution is 5.46. The van der Waals surface area contributed by atoms with Crippen molar-refractivity contribution >= 4 is 5.69 Å². The second-order valence-corrected chi connectivity index (χ2v) is 5.31. The van der Waals surface area contributed by atoms with Gasteiger partial charge in [0.2, 0.25) is 0 Å². The molecule has 2 nitrogen and oxygen atoms in total. The van der Waals surface area contributed by atoms with Gasteiger partial charge in [-0.25, -0.2) is 4.39 Å². The lowest BCUT2D eigenvalue weighted by Gasteiger charge is -2.27. The molecular formula is C14H21FN2. The number of halogens is 1.